The molecule has 0 spiro atoms. The van der Waals surface area contributed by atoms with Crippen molar-refractivity contribution in [2.24, 2.45) is 5.14 Å². The smallest absolute Gasteiger partial charge is 0.241 e. The third kappa shape index (κ3) is 8.18. The van der Waals surface area contributed by atoms with Gasteiger partial charge in [-0.2, -0.15) is 4.98 Å². The number of primary sulfonamides is 1. The van der Waals surface area contributed by atoms with Crippen LogP contribution < -0.4 is 35.3 Å². The van der Waals surface area contributed by atoms with E-state index in [9.17, 15) is 13.2 Å². The molecule has 44 heavy (non-hydrogen) atoms. The van der Waals surface area contributed by atoms with Crippen LogP contribution in [0.15, 0.2) is 35.2 Å². The Labute approximate surface area is 258 Å². The lowest BCUT2D eigenvalue weighted by Crippen LogP contribution is -2.49. The van der Waals surface area contributed by atoms with Gasteiger partial charge in [0.25, 0.3) is 0 Å². The van der Waals surface area contributed by atoms with E-state index in [-0.39, 0.29) is 22.6 Å². The minimum absolute atomic E-state index is 0.00933. The van der Waals surface area contributed by atoms with E-state index in [2.05, 4.69) is 17.2 Å². The molecule has 1 unspecified atom stereocenters. The van der Waals surface area contributed by atoms with Crippen molar-refractivity contribution in [3.8, 4) is 17.2 Å². The van der Waals surface area contributed by atoms with Gasteiger partial charge in [-0.05, 0) is 56.5 Å². The molecule has 1 amide bonds. The van der Waals surface area contributed by atoms with Crippen molar-refractivity contribution >= 4 is 38.6 Å². The van der Waals surface area contributed by atoms with Gasteiger partial charge in [0, 0.05) is 50.1 Å². The molecule has 240 valence electrons. The van der Waals surface area contributed by atoms with Gasteiger partial charge in [0.15, 0.2) is 11.5 Å². The molecule has 2 aromatic carbocycles. The monoisotopic (exact) mass is 629 g/mol. The Morgan fingerprint density at radius 1 is 0.955 bits per heavy atom. The predicted molar refractivity (Wildman–Crippen MR) is 170 cm³/mol. The number of nitrogens with zero attached hydrogens (tertiary/aromatic N) is 4. The molecule has 0 aliphatic carbocycles. The van der Waals surface area contributed by atoms with Gasteiger partial charge in [-0.15, -0.1) is 0 Å². The third-order valence-electron chi connectivity index (χ3n) is 7.77. The zero-order valence-corrected chi connectivity index (χ0v) is 26.7. The Bertz CT molecular complexity index is 1560. The second-order valence-corrected chi connectivity index (χ2v) is 12.4. The number of ether oxygens (including phenoxy) is 3. The number of anilines is 2. The highest BCUT2D eigenvalue weighted by atomic mass is 32.2. The summed E-state index contributed by atoms with van der Waals surface area (Å²) in [6.07, 6.45) is 3.85. The molecule has 0 bridgehead atoms. The predicted octanol–water partition coefficient (Wildman–Crippen LogP) is 2.32. The van der Waals surface area contributed by atoms with E-state index in [0.29, 0.717) is 73.2 Å². The van der Waals surface area contributed by atoms with Crippen LogP contribution in [0, 0.1) is 0 Å². The van der Waals surface area contributed by atoms with Gasteiger partial charge in [-0.25, -0.2) is 18.5 Å². The fourth-order valence-electron chi connectivity index (χ4n) is 5.34. The summed E-state index contributed by atoms with van der Waals surface area (Å²) in [5.74, 6) is 2.43. The summed E-state index contributed by atoms with van der Waals surface area (Å²) in [6.45, 7) is 5.31. The molecule has 1 saturated heterocycles. The average molecular weight is 630 g/mol. The van der Waals surface area contributed by atoms with Crippen molar-refractivity contribution in [2.75, 3.05) is 64.7 Å². The first-order valence-corrected chi connectivity index (χ1v) is 16.2. The quantitative estimate of drug-likeness (QED) is 0.223. The molecular weight excluding hydrogens is 586 g/mol. The number of sulfonamides is 1. The lowest BCUT2D eigenvalue weighted by molar-refractivity contribution is -0.131. The number of piperazine rings is 1. The standard InChI is InChI=1S/C30H43N7O6S/c1-20(16-21-9-10-24(41-2)27(17-21)44(32,39)40)33-11-7-5-6-8-28(38)36-12-14-37(15-13-36)30-34-23-19-26(43-4)25(42-3)18-22(23)29(31)35-30/h9-10,17-20,33H,5-8,11-16H2,1-4H3,(H2,31,34,35)(H2,32,39,40). The maximum Gasteiger partial charge on any atom is 0.241 e. The Hall–Kier alpha value is -3.88. The van der Waals surface area contributed by atoms with Gasteiger partial charge in [-0.3, -0.25) is 4.79 Å². The highest BCUT2D eigenvalue weighted by molar-refractivity contribution is 7.89. The number of aromatic nitrogens is 2. The number of rotatable bonds is 14. The van der Waals surface area contributed by atoms with E-state index >= 15 is 0 Å². The largest absolute Gasteiger partial charge is 0.495 e. The third-order valence-corrected chi connectivity index (χ3v) is 8.70. The number of methoxy groups -OCH3 is 3. The normalized spacial score (nSPS) is 14.5. The molecule has 0 saturated carbocycles. The Kier molecular flexibility index (Phi) is 11.1. The lowest BCUT2D eigenvalue weighted by atomic mass is 10.1. The summed E-state index contributed by atoms with van der Waals surface area (Å²) < 4.78 is 39.6. The molecule has 13 nitrogen and oxygen atoms in total. The Balaban J connectivity index is 1.17. The second-order valence-electron chi connectivity index (χ2n) is 10.9. The zero-order chi connectivity index (χ0) is 31.9. The number of carbonyl (C=O) groups excluding carboxylic acids is 1. The number of hydrogen-bond donors (Lipinski definition) is 3. The average Bonchev–Trinajstić information content (AvgIpc) is 3.01. The molecule has 14 heteroatoms. The van der Waals surface area contributed by atoms with Gasteiger partial charge < -0.3 is 35.1 Å². The van der Waals surface area contributed by atoms with Crippen LogP contribution in [0.1, 0.15) is 38.2 Å². The van der Waals surface area contributed by atoms with Crippen LogP contribution in [0.2, 0.25) is 0 Å². The number of nitrogen functional groups attached to an aromatic ring is 1. The second kappa shape index (κ2) is 14.7. The zero-order valence-electron chi connectivity index (χ0n) is 25.8. The topological polar surface area (TPSA) is 175 Å². The molecule has 1 aliphatic rings. The minimum atomic E-state index is -3.87. The Morgan fingerprint density at radius 3 is 2.30 bits per heavy atom. The first-order chi connectivity index (χ1) is 21.0. The molecule has 1 aliphatic heterocycles. The summed E-state index contributed by atoms with van der Waals surface area (Å²) in [5, 5.41) is 9.49. The van der Waals surface area contributed by atoms with E-state index in [1.165, 1.54) is 7.11 Å². The fraction of sp³-hybridized carbons (Fsp3) is 0.500. The molecule has 5 N–H and O–H groups in total. The molecule has 0 radical (unpaired) electrons. The van der Waals surface area contributed by atoms with Gasteiger partial charge in [0.1, 0.15) is 16.5 Å². The van der Waals surface area contributed by atoms with E-state index in [0.717, 1.165) is 31.4 Å². The maximum atomic E-state index is 12.8. The number of amides is 1. The maximum absolute atomic E-state index is 12.8. The highest BCUT2D eigenvalue weighted by Crippen LogP contribution is 2.34. The van der Waals surface area contributed by atoms with Crippen LogP contribution >= 0.6 is 0 Å². The first-order valence-electron chi connectivity index (χ1n) is 14.7. The highest BCUT2D eigenvalue weighted by Gasteiger charge is 2.23. The first kappa shape index (κ1) is 33.0. The van der Waals surface area contributed by atoms with E-state index in [1.54, 1.807) is 38.5 Å². The summed E-state index contributed by atoms with van der Waals surface area (Å²) in [5.41, 5.74) is 7.78. The van der Waals surface area contributed by atoms with Gasteiger partial charge in [0.2, 0.25) is 21.9 Å². The number of carbonyl (C=O) groups is 1. The number of nitrogens with two attached hydrogens (primary N) is 2. The van der Waals surface area contributed by atoms with Crippen LogP contribution in [0.25, 0.3) is 10.9 Å². The van der Waals surface area contributed by atoms with E-state index in [1.807, 2.05) is 15.9 Å². The number of hydrogen-bond acceptors (Lipinski definition) is 11. The summed E-state index contributed by atoms with van der Waals surface area (Å²) in [4.78, 5) is 26.0. The Morgan fingerprint density at radius 2 is 1.64 bits per heavy atom. The van der Waals surface area contributed by atoms with Crippen molar-refractivity contribution in [1.29, 1.82) is 0 Å². The summed E-state index contributed by atoms with van der Waals surface area (Å²) in [6, 6.07) is 8.74. The van der Waals surface area contributed by atoms with Crippen LogP contribution in [0.4, 0.5) is 11.8 Å². The van der Waals surface area contributed by atoms with E-state index in [4.69, 9.17) is 30.1 Å². The number of unbranched alkanes of at least 4 members (excludes halogenated alkanes) is 2. The van der Waals surface area contributed by atoms with Crippen LogP contribution in [-0.2, 0) is 21.2 Å². The molecule has 3 aromatic rings. The lowest BCUT2D eigenvalue weighted by Gasteiger charge is -2.35. The van der Waals surface area contributed by atoms with Crippen LogP contribution in [-0.4, -0.2) is 89.3 Å². The van der Waals surface area contributed by atoms with E-state index < -0.39 is 10.0 Å². The number of nitrogens with one attached hydrogen (secondary N) is 1. The molecular formula is C30H43N7O6S. The van der Waals surface area contributed by atoms with Gasteiger partial charge in [0.05, 0.1) is 26.8 Å². The van der Waals surface area contributed by atoms with Crippen molar-refractivity contribution < 1.29 is 27.4 Å². The fourth-order valence-corrected chi connectivity index (χ4v) is 6.09. The molecule has 1 atom stereocenters. The molecule has 1 fully saturated rings. The van der Waals surface area contributed by atoms with Gasteiger partial charge in [-0.1, -0.05) is 12.5 Å². The minimum Gasteiger partial charge on any atom is -0.495 e. The van der Waals surface area contributed by atoms with Crippen molar-refractivity contribution in [2.45, 2.75) is 50.0 Å². The van der Waals surface area contributed by atoms with Crippen LogP contribution in [0.3, 0.4) is 0 Å². The number of benzene rings is 2. The SMILES string of the molecule is COc1cc2nc(N3CCN(C(=O)CCCCCNC(C)Cc4ccc(OC)c(S(N)(=O)=O)c4)CC3)nc(N)c2cc1OC. The summed E-state index contributed by atoms with van der Waals surface area (Å²) in [7, 11) is 0.685. The van der Waals surface area contributed by atoms with Crippen LogP contribution in [0.5, 0.6) is 17.2 Å². The van der Waals surface area contributed by atoms with Crippen molar-refractivity contribution in [3.05, 3.63) is 35.9 Å². The summed E-state index contributed by atoms with van der Waals surface area (Å²) >= 11 is 0. The molecule has 2 heterocycles. The van der Waals surface area contributed by atoms with Crippen molar-refractivity contribution in [3.63, 3.8) is 0 Å². The number of fused-ring (bicyclic) bond motifs is 1. The molecule has 1 aromatic heterocycles. The molecule has 4 rings (SSSR count). The van der Waals surface area contributed by atoms with Crippen molar-refractivity contribution in [1.82, 2.24) is 20.2 Å². The van der Waals surface area contributed by atoms with Gasteiger partial charge >= 0.3 is 0 Å².